The van der Waals surface area contributed by atoms with Crippen LogP contribution in [0.5, 0.6) is 0 Å². The van der Waals surface area contributed by atoms with Crippen LogP contribution in [-0.2, 0) is 16.1 Å². The van der Waals surface area contributed by atoms with Crippen LogP contribution in [0.2, 0.25) is 0 Å². The molecule has 2 aromatic heterocycles. The fraction of sp³-hybridized carbons (Fsp3) is 0.211. The summed E-state index contributed by atoms with van der Waals surface area (Å²) in [6.45, 7) is -0.0438. The first kappa shape index (κ1) is 18.8. The molecule has 8 heteroatoms. The summed E-state index contributed by atoms with van der Waals surface area (Å²) in [7, 11) is 1.20. The quantitative estimate of drug-likeness (QED) is 0.606. The third-order valence-electron chi connectivity index (χ3n) is 3.92. The van der Waals surface area contributed by atoms with Gasteiger partial charge in [-0.15, -0.1) is 11.3 Å². The normalized spacial score (nSPS) is 11.8. The van der Waals surface area contributed by atoms with Gasteiger partial charge in [-0.25, -0.2) is 4.79 Å². The lowest BCUT2D eigenvalue weighted by atomic mass is 10.2. The Morgan fingerprint density at radius 1 is 1.26 bits per heavy atom. The number of benzene rings is 1. The molecule has 1 amide bonds. The van der Waals surface area contributed by atoms with E-state index in [1.54, 1.807) is 10.9 Å². The van der Waals surface area contributed by atoms with Gasteiger partial charge in [0.25, 0.3) is 5.91 Å². The van der Waals surface area contributed by atoms with Crippen LogP contribution in [0.4, 0.5) is 0 Å². The zero-order valence-electron chi connectivity index (χ0n) is 14.7. The summed E-state index contributed by atoms with van der Waals surface area (Å²) in [6.07, 6.45) is 1.64. The van der Waals surface area contributed by atoms with Crippen molar-refractivity contribution in [2.75, 3.05) is 13.7 Å². The van der Waals surface area contributed by atoms with Gasteiger partial charge in [-0.1, -0.05) is 36.4 Å². The van der Waals surface area contributed by atoms with E-state index in [1.165, 1.54) is 18.4 Å². The van der Waals surface area contributed by atoms with Crippen molar-refractivity contribution < 1.29 is 19.4 Å². The number of esters is 1. The Kier molecular flexibility index (Phi) is 6.00. The number of thiophene rings is 1. The number of aromatic nitrogens is 2. The molecule has 0 aliphatic heterocycles. The number of rotatable bonds is 7. The van der Waals surface area contributed by atoms with E-state index in [0.29, 0.717) is 17.8 Å². The number of nitrogens with one attached hydrogen (secondary N) is 1. The molecule has 0 unspecified atom stereocenters. The number of carbonyl (C=O) groups excluding carboxylic acids is 2. The van der Waals surface area contributed by atoms with E-state index in [9.17, 15) is 14.7 Å². The van der Waals surface area contributed by atoms with E-state index >= 15 is 0 Å². The zero-order valence-corrected chi connectivity index (χ0v) is 15.5. The molecular weight excluding hydrogens is 366 g/mol. The second-order valence-electron chi connectivity index (χ2n) is 5.78. The van der Waals surface area contributed by atoms with E-state index in [0.717, 1.165) is 10.4 Å². The summed E-state index contributed by atoms with van der Waals surface area (Å²) in [5.41, 5.74) is 1.91. The van der Waals surface area contributed by atoms with Crippen molar-refractivity contribution in [3.63, 3.8) is 0 Å². The van der Waals surface area contributed by atoms with Crippen molar-refractivity contribution in [1.29, 1.82) is 0 Å². The lowest BCUT2D eigenvalue weighted by molar-refractivity contribution is -0.143. The van der Waals surface area contributed by atoms with Crippen LogP contribution in [0.3, 0.4) is 0 Å². The van der Waals surface area contributed by atoms with Crippen LogP contribution in [0.25, 0.3) is 10.6 Å². The topological polar surface area (TPSA) is 93.5 Å². The van der Waals surface area contributed by atoms with Crippen LogP contribution in [0.15, 0.2) is 54.0 Å². The number of amides is 1. The highest BCUT2D eigenvalue weighted by molar-refractivity contribution is 7.13. The summed E-state index contributed by atoms with van der Waals surface area (Å²) >= 11 is 1.47. The van der Waals surface area contributed by atoms with Crippen molar-refractivity contribution in [3.8, 4) is 10.6 Å². The minimum absolute atomic E-state index is 0.329. The van der Waals surface area contributed by atoms with Gasteiger partial charge in [-0.3, -0.25) is 9.48 Å². The molecule has 0 aliphatic carbocycles. The number of aliphatic hydroxyl groups excluding tert-OH is 1. The molecule has 2 heterocycles. The number of ether oxygens (including phenoxy) is 1. The standard InChI is InChI=1S/C19H19N3O4S/c1-26-19(25)15(12-23)20-18(24)14-11-22(10-13-6-3-2-4-7-13)21-17(14)16-8-5-9-27-16/h2-9,11,15,23H,10,12H2,1H3,(H,20,24)/t15-/m1/s1. The van der Waals surface area contributed by atoms with E-state index in [-0.39, 0.29) is 0 Å². The van der Waals surface area contributed by atoms with Crippen molar-refractivity contribution >= 4 is 23.2 Å². The molecule has 1 atom stereocenters. The number of aliphatic hydroxyl groups is 1. The predicted octanol–water partition coefficient (Wildman–Crippen LogP) is 1.92. The lowest BCUT2D eigenvalue weighted by Gasteiger charge is -2.13. The van der Waals surface area contributed by atoms with Gasteiger partial charge in [0.2, 0.25) is 0 Å². The second-order valence-corrected chi connectivity index (χ2v) is 6.73. The van der Waals surface area contributed by atoms with Gasteiger partial charge in [0.15, 0.2) is 6.04 Å². The number of carbonyl (C=O) groups is 2. The highest BCUT2D eigenvalue weighted by Crippen LogP contribution is 2.27. The Balaban J connectivity index is 1.90. The maximum Gasteiger partial charge on any atom is 0.330 e. The molecule has 2 N–H and O–H groups in total. The highest BCUT2D eigenvalue weighted by Gasteiger charge is 2.25. The summed E-state index contributed by atoms with van der Waals surface area (Å²) in [4.78, 5) is 25.2. The smallest absolute Gasteiger partial charge is 0.330 e. The average molecular weight is 385 g/mol. The molecular formula is C19H19N3O4S. The first-order chi connectivity index (χ1) is 13.1. The van der Waals surface area contributed by atoms with Crippen molar-refractivity contribution in [1.82, 2.24) is 15.1 Å². The minimum atomic E-state index is -1.13. The summed E-state index contributed by atoms with van der Waals surface area (Å²) in [5.74, 6) is -1.21. The monoisotopic (exact) mass is 385 g/mol. The molecule has 1 aromatic carbocycles. The second kappa shape index (κ2) is 8.61. The molecule has 0 saturated carbocycles. The number of hydrogen-bond acceptors (Lipinski definition) is 6. The maximum absolute atomic E-state index is 12.7. The lowest BCUT2D eigenvalue weighted by Crippen LogP contribution is -2.44. The van der Waals surface area contributed by atoms with Crippen molar-refractivity contribution in [3.05, 3.63) is 65.2 Å². The van der Waals surface area contributed by atoms with Gasteiger partial charge >= 0.3 is 5.97 Å². The molecule has 140 valence electrons. The van der Waals surface area contributed by atoms with E-state index in [1.807, 2.05) is 47.8 Å². The molecule has 0 bridgehead atoms. The summed E-state index contributed by atoms with van der Waals surface area (Å²) in [6, 6.07) is 12.4. The third kappa shape index (κ3) is 4.42. The number of methoxy groups -OCH3 is 1. The molecule has 0 fully saturated rings. The Morgan fingerprint density at radius 2 is 2.04 bits per heavy atom. The number of hydrogen-bond donors (Lipinski definition) is 2. The van der Waals surface area contributed by atoms with Gasteiger partial charge in [0, 0.05) is 6.20 Å². The Bertz CT molecular complexity index is 906. The zero-order chi connectivity index (χ0) is 19.2. The fourth-order valence-electron chi connectivity index (χ4n) is 2.59. The molecule has 0 saturated heterocycles. The highest BCUT2D eigenvalue weighted by atomic mass is 32.1. The largest absolute Gasteiger partial charge is 0.467 e. The SMILES string of the molecule is COC(=O)[C@@H](CO)NC(=O)c1cn(Cc2ccccc2)nc1-c1cccs1. The Morgan fingerprint density at radius 3 is 2.67 bits per heavy atom. The summed E-state index contributed by atoms with van der Waals surface area (Å²) in [5, 5.41) is 18.3. The summed E-state index contributed by atoms with van der Waals surface area (Å²) < 4.78 is 6.28. The van der Waals surface area contributed by atoms with Gasteiger partial charge in [-0.2, -0.15) is 5.10 Å². The average Bonchev–Trinajstić information content (AvgIpc) is 3.35. The van der Waals surface area contributed by atoms with Crippen LogP contribution in [0, 0.1) is 0 Å². The Labute approximate surface area is 160 Å². The maximum atomic E-state index is 12.7. The van der Waals surface area contributed by atoms with Crippen LogP contribution in [0.1, 0.15) is 15.9 Å². The van der Waals surface area contributed by atoms with E-state index in [2.05, 4.69) is 15.2 Å². The van der Waals surface area contributed by atoms with Gasteiger partial charge in [-0.05, 0) is 17.0 Å². The molecule has 0 aliphatic rings. The van der Waals surface area contributed by atoms with Crippen LogP contribution >= 0.6 is 11.3 Å². The predicted molar refractivity (Wildman–Crippen MR) is 101 cm³/mol. The van der Waals surface area contributed by atoms with E-state index < -0.39 is 24.5 Å². The molecule has 27 heavy (non-hydrogen) atoms. The molecule has 0 radical (unpaired) electrons. The van der Waals surface area contributed by atoms with Crippen molar-refractivity contribution in [2.24, 2.45) is 0 Å². The van der Waals surface area contributed by atoms with Gasteiger partial charge in [0.1, 0.15) is 5.69 Å². The minimum Gasteiger partial charge on any atom is -0.467 e. The van der Waals surface area contributed by atoms with Crippen molar-refractivity contribution in [2.45, 2.75) is 12.6 Å². The first-order valence-electron chi connectivity index (χ1n) is 8.27. The van der Waals surface area contributed by atoms with Gasteiger partial charge in [0.05, 0.1) is 30.7 Å². The van der Waals surface area contributed by atoms with E-state index in [4.69, 9.17) is 0 Å². The fourth-order valence-corrected chi connectivity index (χ4v) is 3.31. The van der Waals surface area contributed by atoms with Crippen LogP contribution < -0.4 is 5.32 Å². The number of nitrogens with zero attached hydrogens (tertiary/aromatic N) is 2. The van der Waals surface area contributed by atoms with Crippen LogP contribution in [-0.4, -0.2) is 46.5 Å². The van der Waals surface area contributed by atoms with Gasteiger partial charge < -0.3 is 15.2 Å². The molecule has 3 aromatic rings. The molecule has 0 spiro atoms. The molecule has 7 nitrogen and oxygen atoms in total. The molecule has 3 rings (SSSR count). The first-order valence-corrected chi connectivity index (χ1v) is 9.15. The Hall–Kier alpha value is -2.97. The third-order valence-corrected chi connectivity index (χ3v) is 4.80.